The molecule has 2 N–H and O–H groups in total. The number of hydrogen-bond donors (Lipinski definition) is 2. The van der Waals surface area contributed by atoms with Crippen molar-refractivity contribution in [3.05, 3.63) is 96.8 Å². The number of aliphatic hydroxyl groups excluding tert-OH is 1. The third-order valence-corrected chi connectivity index (χ3v) is 7.41. The number of carbonyl (C=O) groups is 1. The minimum Gasteiger partial charge on any atom is -0.395 e. The number of likely N-dealkylation sites (tertiary alicyclic amines) is 1. The fourth-order valence-electron chi connectivity index (χ4n) is 4.00. The Morgan fingerprint density at radius 3 is 2.13 bits per heavy atom. The van der Waals surface area contributed by atoms with Gasteiger partial charge in [-0.15, -0.1) is 0 Å². The summed E-state index contributed by atoms with van der Waals surface area (Å²) in [6, 6.07) is 6.65. The topological polar surface area (TPSA) is 78.4 Å². The second-order valence-electron chi connectivity index (χ2n) is 11.6. The van der Waals surface area contributed by atoms with Crippen LogP contribution in [-0.4, -0.2) is 52.0 Å². The first-order valence-electron chi connectivity index (χ1n) is 16.4. The molecule has 0 spiro atoms. The maximum Gasteiger partial charge on any atom is 0.416 e. The van der Waals surface area contributed by atoms with Crippen molar-refractivity contribution < 1.29 is 23.1 Å². The standard InChI is InChI=1S/C17H21F3N2O2.C13H16N2.2C4H10/c1-12(24)9-22-7-6-16(10-22,11-23)13(2)21-15-5-3-4-14(8-15)17(18,19)20;1-4-11(2)7-5-8-12(3)13-14-9-6-10-15-13;2*1-3-4-2/h3-5,8,21,23H,2,6-7,9-11H2,1H3;4-6,8-10H,3,7H2,1-2H3;2*3-4H2,1-2H3/b;8-5?,11-4-;;/t16-;;;/m1.../s1. The molecule has 1 fully saturated rings. The Morgan fingerprint density at radius 1 is 1.04 bits per heavy atom. The lowest BCUT2D eigenvalue weighted by Gasteiger charge is -2.30. The molecule has 1 aromatic carbocycles. The van der Waals surface area contributed by atoms with Crippen LogP contribution in [-0.2, 0) is 11.0 Å². The number of anilines is 1. The van der Waals surface area contributed by atoms with Gasteiger partial charge in [0.1, 0.15) is 5.78 Å². The lowest BCUT2D eigenvalue weighted by atomic mass is 9.84. The number of aromatic nitrogens is 2. The molecule has 0 radical (unpaired) electrons. The Bertz CT molecular complexity index is 1250. The zero-order valence-electron chi connectivity index (χ0n) is 29.6. The first-order valence-corrected chi connectivity index (χ1v) is 16.4. The van der Waals surface area contributed by atoms with Crippen molar-refractivity contribution in [2.24, 2.45) is 5.41 Å². The van der Waals surface area contributed by atoms with Crippen molar-refractivity contribution in [2.75, 3.05) is 31.6 Å². The van der Waals surface area contributed by atoms with E-state index in [0.717, 1.165) is 24.1 Å². The molecule has 1 aliphatic rings. The largest absolute Gasteiger partial charge is 0.416 e. The summed E-state index contributed by atoms with van der Waals surface area (Å²) in [5.74, 6) is 0.715. The summed E-state index contributed by atoms with van der Waals surface area (Å²) >= 11 is 0. The molecule has 0 bridgehead atoms. The number of halogens is 3. The highest BCUT2D eigenvalue weighted by Gasteiger charge is 2.40. The van der Waals surface area contributed by atoms with E-state index in [0.29, 0.717) is 37.6 Å². The first kappa shape index (κ1) is 43.4. The highest BCUT2D eigenvalue weighted by molar-refractivity contribution is 5.77. The van der Waals surface area contributed by atoms with Gasteiger partial charge in [-0.25, -0.2) is 9.97 Å². The highest BCUT2D eigenvalue weighted by atomic mass is 19.4. The summed E-state index contributed by atoms with van der Waals surface area (Å²) in [6.45, 7) is 23.4. The van der Waals surface area contributed by atoms with Crippen LogP contribution in [0.2, 0.25) is 0 Å². The van der Waals surface area contributed by atoms with Crippen LogP contribution in [0, 0.1) is 5.41 Å². The number of benzene rings is 1. The summed E-state index contributed by atoms with van der Waals surface area (Å²) in [5.41, 5.74) is 1.49. The van der Waals surface area contributed by atoms with E-state index in [1.165, 1.54) is 50.3 Å². The lowest BCUT2D eigenvalue weighted by Crippen LogP contribution is -2.36. The number of unbranched alkanes of at least 4 members (excludes halogenated alkanes) is 2. The predicted molar refractivity (Wildman–Crippen MR) is 191 cm³/mol. The van der Waals surface area contributed by atoms with Crippen LogP contribution < -0.4 is 5.32 Å². The van der Waals surface area contributed by atoms with E-state index in [2.05, 4.69) is 75.2 Å². The zero-order valence-corrected chi connectivity index (χ0v) is 29.6. The minimum absolute atomic E-state index is 0.0280. The van der Waals surface area contributed by atoms with Crippen molar-refractivity contribution in [3.8, 4) is 0 Å². The van der Waals surface area contributed by atoms with Crippen LogP contribution in [0.15, 0.2) is 85.4 Å². The fraction of sp³-hybridized carbons (Fsp3) is 0.500. The van der Waals surface area contributed by atoms with E-state index in [9.17, 15) is 23.1 Å². The molecule has 0 amide bonds. The number of nitrogens with one attached hydrogen (secondary N) is 1. The third-order valence-electron chi connectivity index (χ3n) is 7.41. The maximum atomic E-state index is 12.8. The van der Waals surface area contributed by atoms with Crippen LogP contribution in [0.25, 0.3) is 5.57 Å². The van der Waals surface area contributed by atoms with Crippen LogP contribution in [0.1, 0.15) is 98.4 Å². The molecule has 0 aliphatic carbocycles. The average Bonchev–Trinajstić information content (AvgIpc) is 3.48. The number of nitrogens with zero attached hydrogens (tertiary/aromatic N) is 3. The third kappa shape index (κ3) is 17.8. The molecule has 1 saturated heterocycles. The number of Topliss-reactive ketones (excluding diaryl/α,β-unsaturated/α-hetero) is 1. The van der Waals surface area contributed by atoms with Gasteiger partial charge in [0.2, 0.25) is 0 Å². The second-order valence-corrected chi connectivity index (χ2v) is 11.6. The van der Waals surface area contributed by atoms with E-state index in [-0.39, 0.29) is 18.1 Å². The van der Waals surface area contributed by atoms with E-state index < -0.39 is 17.2 Å². The maximum absolute atomic E-state index is 12.8. The van der Waals surface area contributed by atoms with Crippen molar-refractivity contribution >= 4 is 17.0 Å². The van der Waals surface area contributed by atoms with Gasteiger partial charge in [-0.05, 0) is 64.4 Å². The van der Waals surface area contributed by atoms with E-state index >= 15 is 0 Å². The van der Waals surface area contributed by atoms with Gasteiger partial charge in [-0.3, -0.25) is 9.69 Å². The Balaban J connectivity index is 0.000000780. The molecule has 47 heavy (non-hydrogen) atoms. The molecule has 1 atom stereocenters. The summed E-state index contributed by atoms with van der Waals surface area (Å²) < 4.78 is 38.4. The minimum atomic E-state index is -4.42. The molecule has 0 saturated carbocycles. The normalized spacial score (nSPS) is 16.2. The van der Waals surface area contributed by atoms with E-state index in [1.807, 2.05) is 17.9 Å². The molecule has 1 aliphatic heterocycles. The summed E-state index contributed by atoms with van der Waals surface area (Å²) in [6.07, 6.45) is 12.0. The number of aliphatic hydroxyl groups is 1. The van der Waals surface area contributed by atoms with Crippen LogP contribution >= 0.6 is 0 Å². The fourth-order valence-corrected chi connectivity index (χ4v) is 4.00. The number of ketones is 1. The number of alkyl halides is 3. The molecule has 0 unspecified atom stereocenters. The second kappa shape index (κ2) is 23.7. The van der Waals surface area contributed by atoms with Crippen LogP contribution in [0.4, 0.5) is 18.9 Å². The van der Waals surface area contributed by atoms with Gasteiger partial charge >= 0.3 is 6.18 Å². The molecule has 3 rings (SSSR count). The Hall–Kier alpha value is -3.56. The zero-order chi connectivity index (χ0) is 35.9. The van der Waals surface area contributed by atoms with Crippen molar-refractivity contribution in [1.82, 2.24) is 14.9 Å². The van der Waals surface area contributed by atoms with Crippen molar-refractivity contribution in [3.63, 3.8) is 0 Å². The molecule has 1 aromatic heterocycles. The average molecular weight is 659 g/mol. The number of hydrogen-bond acceptors (Lipinski definition) is 6. The van der Waals surface area contributed by atoms with Gasteiger partial charge in [0.05, 0.1) is 18.7 Å². The lowest BCUT2D eigenvalue weighted by molar-refractivity contribution is -0.137. The number of carbonyl (C=O) groups excluding carboxylic acids is 1. The smallest absolute Gasteiger partial charge is 0.395 e. The van der Waals surface area contributed by atoms with Gasteiger partial charge < -0.3 is 10.4 Å². The molecular formula is C38H57F3N4O2. The van der Waals surface area contributed by atoms with E-state index in [4.69, 9.17) is 0 Å². The quantitative estimate of drug-likeness (QED) is 0.175. The van der Waals surface area contributed by atoms with Crippen molar-refractivity contribution in [1.29, 1.82) is 0 Å². The molecule has 262 valence electrons. The Labute approximate surface area is 281 Å². The first-order chi connectivity index (χ1) is 22.2. The molecule has 2 aromatic rings. The van der Waals surface area contributed by atoms with Gasteiger partial charge in [0.25, 0.3) is 0 Å². The molecule has 2 heterocycles. The monoisotopic (exact) mass is 658 g/mol. The highest BCUT2D eigenvalue weighted by Crippen LogP contribution is 2.38. The van der Waals surface area contributed by atoms with Gasteiger partial charge in [0, 0.05) is 41.3 Å². The van der Waals surface area contributed by atoms with Crippen LogP contribution in [0.5, 0.6) is 0 Å². The Morgan fingerprint density at radius 2 is 1.64 bits per heavy atom. The predicted octanol–water partition coefficient (Wildman–Crippen LogP) is 9.92. The SMILES string of the molecule is C=C(C=CC/C(C)=C\C)c1ncccn1.C=C(Nc1cccc(C(F)(F)F)c1)[C@]1(CO)CCN(CC(C)=O)C1.CCCC.CCCC. The number of allylic oxidation sites excluding steroid dienone is 5. The molecule has 6 nitrogen and oxygen atoms in total. The summed E-state index contributed by atoms with van der Waals surface area (Å²) in [5, 5.41) is 12.7. The van der Waals surface area contributed by atoms with Gasteiger partial charge in [-0.1, -0.05) is 96.4 Å². The summed E-state index contributed by atoms with van der Waals surface area (Å²) in [7, 11) is 0. The van der Waals surface area contributed by atoms with Gasteiger partial charge in [-0.2, -0.15) is 13.2 Å². The summed E-state index contributed by atoms with van der Waals surface area (Å²) in [4.78, 5) is 21.4. The molecule has 9 heteroatoms. The molecular weight excluding hydrogens is 601 g/mol. The Kier molecular flexibility index (Phi) is 21.9. The van der Waals surface area contributed by atoms with Crippen LogP contribution in [0.3, 0.4) is 0 Å². The van der Waals surface area contributed by atoms with E-state index in [1.54, 1.807) is 18.5 Å². The number of rotatable bonds is 12. The van der Waals surface area contributed by atoms with Crippen molar-refractivity contribution in [2.45, 2.75) is 93.2 Å². The van der Waals surface area contributed by atoms with Gasteiger partial charge in [0.15, 0.2) is 5.82 Å².